The largest absolute Gasteiger partial charge is 0.454 e. The number of nitrogens with one attached hydrogen (secondary N) is 1. The van der Waals surface area contributed by atoms with Crippen LogP contribution in [0.3, 0.4) is 0 Å². The van der Waals surface area contributed by atoms with Crippen LogP contribution in [-0.4, -0.2) is 36.0 Å². The van der Waals surface area contributed by atoms with Crippen LogP contribution in [0, 0.1) is 0 Å². The first kappa shape index (κ1) is 12.3. The Hall–Kier alpha value is -2.76. The molecule has 2 heterocycles. The lowest BCUT2D eigenvalue weighted by Gasteiger charge is -2.10. The number of aromatic nitrogens is 1. The third kappa shape index (κ3) is 2.35. The first-order valence-electron chi connectivity index (χ1n) is 6.09. The molecule has 0 unspecified atom stereocenters. The lowest BCUT2D eigenvalue weighted by atomic mass is 10.2. The van der Waals surface area contributed by atoms with Gasteiger partial charge in [-0.15, -0.1) is 0 Å². The van der Waals surface area contributed by atoms with Gasteiger partial charge in [0.15, 0.2) is 11.5 Å². The Morgan fingerprint density at radius 3 is 3.00 bits per heavy atom. The van der Waals surface area contributed by atoms with Crippen LogP contribution in [0.15, 0.2) is 41.6 Å². The smallest absolute Gasteiger partial charge is 0.273 e. The summed E-state index contributed by atoms with van der Waals surface area (Å²) in [5, 5.41) is 5.37. The van der Waals surface area contributed by atoms with Gasteiger partial charge in [0, 0.05) is 18.8 Å². The van der Waals surface area contributed by atoms with Gasteiger partial charge in [0.25, 0.3) is 5.91 Å². The summed E-state index contributed by atoms with van der Waals surface area (Å²) in [5.41, 5.74) is 1.33. The lowest BCUT2D eigenvalue weighted by Crippen LogP contribution is -2.21. The van der Waals surface area contributed by atoms with E-state index < -0.39 is 0 Å². The van der Waals surface area contributed by atoms with Gasteiger partial charge in [-0.3, -0.25) is 4.79 Å². The van der Waals surface area contributed by atoms with Crippen LogP contribution < -0.4 is 9.47 Å². The van der Waals surface area contributed by atoms with Crippen molar-refractivity contribution in [3.63, 3.8) is 0 Å². The quantitative estimate of drug-likeness (QED) is 0.684. The molecule has 20 heavy (non-hydrogen) atoms. The summed E-state index contributed by atoms with van der Waals surface area (Å²) in [6.07, 6.45) is 3.38. The van der Waals surface area contributed by atoms with E-state index >= 15 is 0 Å². The zero-order chi connectivity index (χ0) is 13.9. The van der Waals surface area contributed by atoms with E-state index in [4.69, 9.17) is 9.47 Å². The summed E-state index contributed by atoms with van der Waals surface area (Å²) in [5.74, 6) is 1.02. The summed E-state index contributed by atoms with van der Waals surface area (Å²) >= 11 is 0. The number of amides is 1. The van der Waals surface area contributed by atoms with Gasteiger partial charge in [-0.2, -0.15) is 5.10 Å². The summed E-state index contributed by atoms with van der Waals surface area (Å²) in [7, 11) is 1.60. The minimum atomic E-state index is -0.217. The maximum atomic E-state index is 12.2. The van der Waals surface area contributed by atoms with Gasteiger partial charge in [0.05, 0.1) is 11.9 Å². The number of rotatable bonds is 3. The van der Waals surface area contributed by atoms with Crippen LogP contribution in [0.5, 0.6) is 11.5 Å². The van der Waals surface area contributed by atoms with Crippen molar-refractivity contribution in [2.45, 2.75) is 0 Å². The Kier molecular flexibility index (Phi) is 3.12. The second-order valence-corrected chi connectivity index (χ2v) is 4.27. The van der Waals surface area contributed by atoms with E-state index in [9.17, 15) is 4.79 Å². The number of hydrogen-bond donors (Lipinski definition) is 1. The van der Waals surface area contributed by atoms with Crippen molar-refractivity contribution in [3.8, 4) is 11.5 Å². The van der Waals surface area contributed by atoms with Gasteiger partial charge in [0.2, 0.25) is 6.79 Å². The second-order valence-electron chi connectivity index (χ2n) is 4.27. The highest BCUT2D eigenvalue weighted by molar-refractivity contribution is 5.95. The van der Waals surface area contributed by atoms with E-state index in [1.165, 1.54) is 5.01 Å². The number of H-pyrrole nitrogens is 1. The maximum Gasteiger partial charge on any atom is 0.273 e. The fraction of sp³-hybridized carbons (Fsp3) is 0.143. The average molecular weight is 271 g/mol. The lowest BCUT2D eigenvalue weighted by molar-refractivity contribution is 0.0800. The molecule has 0 saturated carbocycles. The van der Waals surface area contributed by atoms with Gasteiger partial charge in [-0.1, -0.05) is 0 Å². The molecule has 0 fully saturated rings. The third-order valence-corrected chi connectivity index (χ3v) is 2.91. The molecule has 0 saturated heterocycles. The fourth-order valence-corrected chi connectivity index (χ4v) is 1.84. The molecule has 1 aliphatic rings. The molecule has 6 nitrogen and oxygen atoms in total. The molecule has 0 spiro atoms. The molecule has 3 rings (SSSR count). The average Bonchev–Trinajstić information content (AvgIpc) is 3.13. The standard InChI is InChI=1S/C14H13N3O3/c1-17(16-8-11-3-2-6-15-11)14(18)10-4-5-12-13(7-10)20-9-19-12/h2-8,15H,9H2,1H3/b16-8+. The Labute approximate surface area is 115 Å². The van der Waals surface area contributed by atoms with E-state index in [0.717, 1.165) is 5.69 Å². The molecule has 1 aliphatic heterocycles. The van der Waals surface area contributed by atoms with Gasteiger partial charge < -0.3 is 14.5 Å². The molecule has 1 aromatic heterocycles. The van der Waals surface area contributed by atoms with Crippen molar-refractivity contribution < 1.29 is 14.3 Å². The summed E-state index contributed by atoms with van der Waals surface area (Å²) in [6, 6.07) is 8.79. The molecule has 1 aromatic carbocycles. The monoisotopic (exact) mass is 271 g/mol. The summed E-state index contributed by atoms with van der Waals surface area (Å²) < 4.78 is 10.5. The van der Waals surface area contributed by atoms with Crippen LogP contribution in [0.4, 0.5) is 0 Å². The maximum absolute atomic E-state index is 12.2. The number of ether oxygens (including phenoxy) is 2. The molecular weight excluding hydrogens is 258 g/mol. The molecule has 2 aromatic rings. The van der Waals surface area contributed by atoms with Crippen molar-refractivity contribution >= 4 is 12.1 Å². The zero-order valence-electron chi connectivity index (χ0n) is 10.9. The first-order valence-corrected chi connectivity index (χ1v) is 6.09. The van der Waals surface area contributed by atoms with E-state index in [1.54, 1.807) is 37.7 Å². The highest BCUT2D eigenvalue weighted by Crippen LogP contribution is 2.32. The SMILES string of the molecule is CN(/N=C/c1ccc[nH]1)C(=O)c1ccc2c(c1)OCO2. The van der Waals surface area contributed by atoms with Gasteiger partial charge >= 0.3 is 0 Å². The topological polar surface area (TPSA) is 66.9 Å². The molecule has 1 N–H and O–H groups in total. The molecule has 0 aliphatic carbocycles. The Morgan fingerprint density at radius 1 is 1.35 bits per heavy atom. The molecule has 0 atom stereocenters. The summed E-state index contributed by atoms with van der Waals surface area (Å²) in [4.78, 5) is 15.2. The zero-order valence-corrected chi connectivity index (χ0v) is 10.9. The number of hydrogen-bond acceptors (Lipinski definition) is 4. The van der Waals surface area contributed by atoms with Crippen molar-refractivity contribution in [2.75, 3.05) is 13.8 Å². The highest BCUT2D eigenvalue weighted by atomic mass is 16.7. The molecule has 1 amide bonds. The first-order chi connectivity index (χ1) is 9.74. The van der Waals surface area contributed by atoms with Crippen molar-refractivity contribution in [1.82, 2.24) is 9.99 Å². The number of nitrogens with zero attached hydrogens (tertiary/aromatic N) is 2. The molecule has 0 bridgehead atoms. The highest BCUT2D eigenvalue weighted by Gasteiger charge is 2.17. The van der Waals surface area contributed by atoms with Crippen LogP contribution in [0.1, 0.15) is 16.1 Å². The number of carbonyl (C=O) groups is 1. The van der Waals surface area contributed by atoms with Gasteiger partial charge in [-0.25, -0.2) is 5.01 Å². The molecular formula is C14H13N3O3. The van der Waals surface area contributed by atoms with E-state index in [2.05, 4.69) is 10.1 Å². The van der Waals surface area contributed by atoms with Crippen LogP contribution >= 0.6 is 0 Å². The van der Waals surface area contributed by atoms with Crippen LogP contribution in [-0.2, 0) is 0 Å². The molecule has 0 radical (unpaired) electrons. The van der Waals surface area contributed by atoms with Crippen molar-refractivity contribution in [1.29, 1.82) is 0 Å². The number of aromatic amines is 1. The minimum Gasteiger partial charge on any atom is -0.454 e. The number of fused-ring (bicyclic) bond motifs is 1. The van der Waals surface area contributed by atoms with Crippen molar-refractivity contribution in [3.05, 3.63) is 47.8 Å². The predicted molar refractivity (Wildman–Crippen MR) is 73.0 cm³/mol. The normalized spacial score (nSPS) is 12.8. The Bertz CT molecular complexity index is 650. The second kappa shape index (κ2) is 5.08. The van der Waals surface area contributed by atoms with E-state index in [1.807, 2.05) is 12.1 Å². The predicted octanol–water partition coefficient (Wildman–Crippen LogP) is 1.85. The Morgan fingerprint density at radius 2 is 2.20 bits per heavy atom. The van der Waals surface area contributed by atoms with E-state index in [0.29, 0.717) is 17.1 Å². The minimum absolute atomic E-state index is 0.188. The number of benzene rings is 1. The van der Waals surface area contributed by atoms with Gasteiger partial charge in [-0.05, 0) is 30.3 Å². The summed E-state index contributed by atoms with van der Waals surface area (Å²) in [6.45, 7) is 0.188. The molecule has 102 valence electrons. The van der Waals surface area contributed by atoms with E-state index in [-0.39, 0.29) is 12.7 Å². The number of carbonyl (C=O) groups excluding carboxylic acids is 1. The van der Waals surface area contributed by atoms with Gasteiger partial charge in [0.1, 0.15) is 0 Å². The van der Waals surface area contributed by atoms with Crippen LogP contribution in [0.2, 0.25) is 0 Å². The molecule has 6 heteroatoms. The number of hydrazone groups is 1. The third-order valence-electron chi connectivity index (χ3n) is 2.91. The fourth-order valence-electron chi connectivity index (χ4n) is 1.84. The van der Waals surface area contributed by atoms with Crippen LogP contribution in [0.25, 0.3) is 0 Å². The van der Waals surface area contributed by atoms with Crippen molar-refractivity contribution in [2.24, 2.45) is 5.10 Å². The Balaban J connectivity index is 1.75.